The molecule has 0 bridgehead atoms. The van der Waals surface area contributed by atoms with E-state index in [0.29, 0.717) is 11.2 Å². The second-order valence-corrected chi connectivity index (χ2v) is 4.71. The normalized spacial score (nSPS) is 17.4. The van der Waals surface area contributed by atoms with Crippen molar-refractivity contribution in [2.24, 2.45) is 0 Å². The number of nitrogens with zero attached hydrogens (tertiary/aromatic N) is 3. The summed E-state index contributed by atoms with van der Waals surface area (Å²) in [6.45, 7) is 4.59. The van der Waals surface area contributed by atoms with Crippen LogP contribution in [0.4, 0.5) is 5.95 Å². The molecule has 17 heavy (non-hydrogen) atoms. The first-order valence-corrected chi connectivity index (χ1v) is 6.12. The number of hydrogen-bond donors (Lipinski definition) is 1. The maximum atomic E-state index is 5.17. The average molecular weight is 254 g/mol. The Morgan fingerprint density at radius 3 is 2.76 bits per heavy atom. The maximum absolute atomic E-state index is 5.17. The summed E-state index contributed by atoms with van der Waals surface area (Å²) >= 11 is 5.17. The Morgan fingerprint density at radius 2 is 2.12 bits per heavy atom. The zero-order chi connectivity index (χ0) is 12.3. The van der Waals surface area contributed by atoms with Gasteiger partial charge in [0.1, 0.15) is 4.64 Å². The van der Waals surface area contributed by atoms with Crippen LogP contribution in [0.15, 0.2) is 6.07 Å². The van der Waals surface area contributed by atoms with Crippen molar-refractivity contribution in [3.8, 4) is 0 Å². The summed E-state index contributed by atoms with van der Waals surface area (Å²) in [7, 11) is 3.81. The molecule has 0 aromatic carbocycles. The minimum absolute atomic E-state index is 0.535. The van der Waals surface area contributed by atoms with Gasteiger partial charge < -0.3 is 19.5 Å². The number of anilines is 1. The van der Waals surface area contributed by atoms with Crippen LogP contribution in [0, 0.1) is 4.64 Å². The van der Waals surface area contributed by atoms with Gasteiger partial charge >= 0.3 is 0 Å². The highest BCUT2D eigenvalue weighted by molar-refractivity contribution is 7.71. The fraction of sp³-hybridized carbons (Fsp3) is 0.636. The van der Waals surface area contributed by atoms with Gasteiger partial charge in [0, 0.05) is 39.0 Å². The molecule has 1 aromatic heterocycles. The molecule has 2 rings (SSSR count). The average Bonchev–Trinajstić information content (AvgIpc) is 2.29. The van der Waals surface area contributed by atoms with Crippen LogP contribution in [0.1, 0.15) is 5.69 Å². The van der Waals surface area contributed by atoms with Crippen molar-refractivity contribution in [1.82, 2.24) is 14.9 Å². The molecule has 1 N–H and O–H groups in total. The number of hydrogen-bond acceptors (Lipinski definition) is 5. The van der Waals surface area contributed by atoms with Crippen LogP contribution < -0.4 is 4.90 Å². The number of aromatic amines is 1. The summed E-state index contributed by atoms with van der Waals surface area (Å²) < 4.78 is 5.73. The van der Waals surface area contributed by atoms with Crippen LogP contribution >= 0.6 is 12.2 Å². The molecule has 0 atom stereocenters. The van der Waals surface area contributed by atoms with Crippen molar-refractivity contribution in [2.75, 3.05) is 45.2 Å². The minimum atomic E-state index is 0.535. The maximum Gasteiger partial charge on any atom is 0.204 e. The lowest BCUT2D eigenvalue weighted by atomic mass is 10.3. The lowest BCUT2D eigenvalue weighted by Crippen LogP contribution is -2.45. The van der Waals surface area contributed by atoms with Crippen LogP contribution in [0.2, 0.25) is 0 Å². The third kappa shape index (κ3) is 3.24. The monoisotopic (exact) mass is 254 g/mol. The highest BCUT2D eigenvalue weighted by Gasteiger charge is 2.16. The number of rotatable bonds is 3. The molecule has 0 amide bonds. The zero-order valence-electron chi connectivity index (χ0n) is 10.3. The molecule has 0 aliphatic carbocycles. The van der Waals surface area contributed by atoms with E-state index in [1.165, 1.54) is 0 Å². The van der Waals surface area contributed by atoms with Gasteiger partial charge in [-0.25, -0.2) is 4.98 Å². The molecule has 5 nitrogen and oxygen atoms in total. The summed E-state index contributed by atoms with van der Waals surface area (Å²) in [5.41, 5.74) is 0.974. The van der Waals surface area contributed by atoms with E-state index in [9.17, 15) is 0 Å². The van der Waals surface area contributed by atoms with Gasteiger partial charge in [-0.05, 0) is 13.1 Å². The Kier molecular flexibility index (Phi) is 4.09. The third-order valence-electron chi connectivity index (χ3n) is 2.89. The molecule has 94 valence electrons. The molecule has 1 fully saturated rings. The predicted octanol–water partition coefficient (Wildman–Crippen LogP) is 1.04. The van der Waals surface area contributed by atoms with Crippen molar-refractivity contribution in [3.63, 3.8) is 0 Å². The van der Waals surface area contributed by atoms with Crippen LogP contribution in [-0.2, 0) is 11.3 Å². The van der Waals surface area contributed by atoms with Gasteiger partial charge in [0.2, 0.25) is 5.95 Å². The number of aromatic nitrogens is 2. The topological polar surface area (TPSA) is 44.4 Å². The van der Waals surface area contributed by atoms with Crippen molar-refractivity contribution >= 4 is 18.2 Å². The van der Waals surface area contributed by atoms with Gasteiger partial charge in [0.25, 0.3) is 0 Å². The van der Waals surface area contributed by atoms with Crippen molar-refractivity contribution in [1.29, 1.82) is 0 Å². The molecule has 0 spiro atoms. The van der Waals surface area contributed by atoms with E-state index >= 15 is 0 Å². The Morgan fingerprint density at radius 1 is 1.41 bits per heavy atom. The van der Waals surface area contributed by atoms with Gasteiger partial charge in [-0.15, -0.1) is 0 Å². The molecule has 0 unspecified atom stereocenters. The first-order valence-electron chi connectivity index (χ1n) is 5.71. The van der Waals surface area contributed by atoms with E-state index in [4.69, 9.17) is 17.0 Å². The molecule has 1 saturated heterocycles. The van der Waals surface area contributed by atoms with E-state index in [-0.39, 0.29) is 0 Å². The summed E-state index contributed by atoms with van der Waals surface area (Å²) in [4.78, 5) is 12.2. The van der Waals surface area contributed by atoms with Gasteiger partial charge in [-0.3, -0.25) is 0 Å². The fourth-order valence-electron chi connectivity index (χ4n) is 1.89. The number of likely N-dealkylation sites (N-methyl/N-ethyl adjacent to an activating group) is 1. The smallest absolute Gasteiger partial charge is 0.204 e. The van der Waals surface area contributed by atoms with Crippen LogP contribution in [0.5, 0.6) is 0 Å². The number of nitrogens with one attached hydrogen (secondary N) is 1. The Balaban J connectivity index is 2.17. The quantitative estimate of drug-likeness (QED) is 0.817. The van der Waals surface area contributed by atoms with E-state index in [2.05, 4.69) is 26.8 Å². The third-order valence-corrected chi connectivity index (χ3v) is 3.10. The van der Waals surface area contributed by atoms with E-state index in [1.807, 2.05) is 6.07 Å². The first kappa shape index (κ1) is 12.5. The van der Waals surface area contributed by atoms with Crippen LogP contribution in [-0.4, -0.2) is 55.2 Å². The number of methoxy groups -OCH3 is 1. The minimum Gasteiger partial charge on any atom is -0.378 e. The number of ether oxygens (including phenoxy) is 1. The van der Waals surface area contributed by atoms with Gasteiger partial charge in [0.05, 0.1) is 6.61 Å². The highest BCUT2D eigenvalue weighted by Crippen LogP contribution is 2.11. The first-order chi connectivity index (χ1) is 8.19. The lowest BCUT2D eigenvalue weighted by Gasteiger charge is -2.32. The Bertz CT molecular complexity index is 426. The summed E-state index contributed by atoms with van der Waals surface area (Å²) in [6.07, 6.45) is 0. The molecule has 6 heteroatoms. The predicted molar refractivity (Wildman–Crippen MR) is 69.8 cm³/mol. The highest BCUT2D eigenvalue weighted by atomic mass is 32.1. The van der Waals surface area contributed by atoms with Crippen molar-refractivity contribution < 1.29 is 4.74 Å². The molecular weight excluding hydrogens is 236 g/mol. The van der Waals surface area contributed by atoms with E-state index in [1.54, 1.807) is 7.11 Å². The van der Waals surface area contributed by atoms with E-state index in [0.717, 1.165) is 37.8 Å². The van der Waals surface area contributed by atoms with Gasteiger partial charge in [-0.1, -0.05) is 12.2 Å². The molecule has 2 heterocycles. The molecule has 1 aliphatic rings. The van der Waals surface area contributed by atoms with Crippen LogP contribution in [0.3, 0.4) is 0 Å². The second kappa shape index (κ2) is 5.57. The molecule has 1 aromatic rings. The Labute approximate surface area is 106 Å². The molecular formula is C11H18N4OS. The van der Waals surface area contributed by atoms with Gasteiger partial charge in [0.15, 0.2) is 0 Å². The number of H-pyrrole nitrogens is 1. The SMILES string of the molecule is COCc1cc(=S)nc(N2CCN(C)CC2)[nH]1. The summed E-state index contributed by atoms with van der Waals surface area (Å²) in [5, 5.41) is 0. The lowest BCUT2D eigenvalue weighted by molar-refractivity contribution is 0.181. The molecule has 1 aliphatic heterocycles. The van der Waals surface area contributed by atoms with E-state index < -0.39 is 0 Å². The van der Waals surface area contributed by atoms with Crippen LogP contribution in [0.25, 0.3) is 0 Å². The molecule has 0 saturated carbocycles. The standard InChI is InChI=1S/C11H18N4OS/c1-14-3-5-15(6-4-14)11-12-9(8-16-2)7-10(17)13-11/h7H,3-6,8H2,1-2H3,(H,12,13,17). The number of piperazine rings is 1. The zero-order valence-corrected chi connectivity index (χ0v) is 11.1. The Hall–Kier alpha value is -0.980. The summed E-state index contributed by atoms with van der Waals surface area (Å²) in [5.74, 6) is 0.859. The van der Waals surface area contributed by atoms with Crippen molar-refractivity contribution in [3.05, 3.63) is 16.4 Å². The largest absolute Gasteiger partial charge is 0.378 e. The van der Waals surface area contributed by atoms with Crippen molar-refractivity contribution in [2.45, 2.75) is 6.61 Å². The van der Waals surface area contributed by atoms with Gasteiger partial charge in [-0.2, -0.15) is 0 Å². The fourth-order valence-corrected chi connectivity index (χ4v) is 2.12. The second-order valence-electron chi connectivity index (χ2n) is 4.29. The summed E-state index contributed by atoms with van der Waals surface area (Å²) in [6, 6.07) is 1.85. The molecule has 0 radical (unpaired) electrons.